The molecule has 0 unspecified atom stereocenters. The van der Waals surface area contributed by atoms with Gasteiger partial charge in [-0.3, -0.25) is 9.78 Å². The van der Waals surface area contributed by atoms with Crippen LogP contribution >= 0.6 is 35.4 Å². The number of halogens is 2. The van der Waals surface area contributed by atoms with Crippen LogP contribution in [0.3, 0.4) is 0 Å². The van der Waals surface area contributed by atoms with Gasteiger partial charge in [0.25, 0.3) is 5.56 Å². The second kappa shape index (κ2) is 7.21. The first-order valence-electron chi connectivity index (χ1n) is 7.93. The van der Waals surface area contributed by atoms with Crippen LogP contribution in [0.2, 0.25) is 10.0 Å². The molecule has 6 nitrogen and oxygen atoms in total. The standard InChI is InChI=1S/C17H16Cl2N4O2S/c1-3-22-12-7-10(18)11(19)8-13(12)23(4-2)14(22)6-5-9-15(24)20-17(26)21-16(9)25/h5,7-8H,3-4H2,1-2H3,(H3,20,21,24,25,26). The fraction of sp³-hybridized carbons (Fsp3) is 0.235. The molecule has 0 amide bonds. The maximum Gasteiger partial charge on any atom is 0.263 e. The smallest absolute Gasteiger partial charge is 0.263 e. The van der Waals surface area contributed by atoms with Crippen molar-refractivity contribution in [3.05, 3.63) is 54.4 Å². The number of aromatic amines is 2. The quantitative estimate of drug-likeness (QED) is 0.520. The highest BCUT2D eigenvalue weighted by molar-refractivity contribution is 7.71. The number of fused-ring (bicyclic) bond motifs is 1. The molecule has 0 fully saturated rings. The number of aromatic hydroxyl groups is 1. The summed E-state index contributed by atoms with van der Waals surface area (Å²) in [5.41, 5.74) is 4.48. The average Bonchev–Trinajstić information content (AvgIpc) is 2.86. The molecule has 1 aromatic carbocycles. The van der Waals surface area contributed by atoms with E-state index in [-0.39, 0.29) is 16.2 Å². The van der Waals surface area contributed by atoms with Crippen molar-refractivity contribution in [1.29, 1.82) is 0 Å². The van der Waals surface area contributed by atoms with Crippen LogP contribution in [0.5, 0.6) is 5.88 Å². The van der Waals surface area contributed by atoms with Crippen molar-refractivity contribution in [2.75, 3.05) is 22.9 Å². The van der Waals surface area contributed by atoms with E-state index in [4.69, 9.17) is 35.4 Å². The molecular weight excluding hydrogens is 395 g/mol. The molecule has 0 radical (unpaired) electrons. The van der Waals surface area contributed by atoms with Gasteiger partial charge < -0.3 is 19.9 Å². The topological polar surface area (TPSA) is 75.4 Å². The van der Waals surface area contributed by atoms with Crippen molar-refractivity contribution in [2.45, 2.75) is 13.8 Å². The molecule has 136 valence electrons. The van der Waals surface area contributed by atoms with Crippen molar-refractivity contribution >= 4 is 52.9 Å². The molecule has 26 heavy (non-hydrogen) atoms. The zero-order valence-electron chi connectivity index (χ0n) is 14.1. The van der Waals surface area contributed by atoms with Crippen LogP contribution in [-0.4, -0.2) is 28.2 Å². The lowest BCUT2D eigenvalue weighted by Gasteiger charge is -2.21. The second-order valence-corrected chi connectivity index (χ2v) is 6.75. The third kappa shape index (κ3) is 3.15. The summed E-state index contributed by atoms with van der Waals surface area (Å²) >= 11 is 17.2. The molecule has 0 saturated carbocycles. The maximum absolute atomic E-state index is 12.0. The average molecular weight is 411 g/mol. The van der Waals surface area contributed by atoms with E-state index in [9.17, 15) is 9.90 Å². The maximum atomic E-state index is 12.0. The summed E-state index contributed by atoms with van der Waals surface area (Å²) in [5.74, 6) is 0.420. The minimum Gasteiger partial charge on any atom is -0.494 e. The lowest BCUT2D eigenvalue weighted by Crippen LogP contribution is -2.27. The Balaban J connectivity index is 2.19. The van der Waals surface area contributed by atoms with Crippen molar-refractivity contribution in [3.63, 3.8) is 0 Å². The molecule has 1 aliphatic rings. The zero-order chi connectivity index (χ0) is 19.0. The molecule has 0 atom stereocenters. The molecule has 0 spiro atoms. The van der Waals surface area contributed by atoms with E-state index < -0.39 is 5.56 Å². The van der Waals surface area contributed by atoms with Gasteiger partial charge >= 0.3 is 0 Å². The molecule has 2 aromatic rings. The van der Waals surface area contributed by atoms with Crippen LogP contribution < -0.4 is 15.4 Å². The van der Waals surface area contributed by atoms with Gasteiger partial charge in [0.2, 0.25) is 5.88 Å². The van der Waals surface area contributed by atoms with Gasteiger partial charge in [0.1, 0.15) is 5.56 Å². The van der Waals surface area contributed by atoms with E-state index in [1.54, 1.807) is 0 Å². The molecule has 3 rings (SSSR count). The summed E-state index contributed by atoms with van der Waals surface area (Å²) in [7, 11) is 0. The van der Waals surface area contributed by atoms with Crippen LogP contribution in [0.4, 0.5) is 11.4 Å². The van der Waals surface area contributed by atoms with Crippen molar-refractivity contribution < 1.29 is 5.11 Å². The van der Waals surface area contributed by atoms with E-state index in [0.717, 1.165) is 17.2 Å². The number of nitrogens with one attached hydrogen (secondary N) is 2. The monoisotopic (exact) mass is 410 g/mol. The Hall–Kier alpha value is -2.18. The number of anilines is 2. The van der Waals surface area contributed by atoms with Gasteiger partial charge in [0.15, 0.2) is 10.6 Å². The van der Waals surface area contributed by atoms with Crippen LogP contribution in [0.15, 0.2) is 28.5 Å². The van der Waals surface area contributed by atoms with Gasteiger partial charge in [-0.05, 0) is 38.2 Å². The fourth-order valence-corrected chi connectivity index (χ4v) is 3.39. The Morgan fingerprint density at radius 3 is 2.15 bits per heavy atom. The van der Waals surface area contributed by atoms with Crippen LogP contribution in [-0.2, 0) is 0 Å². The van der Waals surface area contributed by atoms with E-state index in [2.05, 4.69) is 15.7 Å². The summed E-state index contributed by atoms with van der Waals surface area (Å²) in [5, 5.41) is 10.9. The summed E-state index contributed by atoms with van der Waals surface area (Å²) in [6, 6.07) is 3.62. The van der Waals surface area contributed by atoms with Gasteiger partial charge in [0.05, 0.1) is 21.4 Å². The number of H-pyrrole nitrogens is 2. The van der Waals surface area contributed by atoms with Crippen LogP contribution in [0.1, 0.15) is 19.4 Å². The minimum atomic E-state index is -0.493. The van der Waals surface area contributed by atoms with Gasteiger partial charge in [-0.1, -0.05) is 28.9 Å². The number of benzene rings is 1. The summed E-state index contributed by atoms with van der Waals surface area (Å²) in [6.07, 6.45) is 1.43. The van der Waals surface area contributed by atoms with Gasteiger partial charge in [-0.2, -0.15) is 0 Å². The molecular formula is C17H16Cl2N4O2S. The van der Waals surface area contributed by atoms with E-state index in [1.807, 2.05) is 35.8 Å². The minimum absolute atomic E-state index is 0.0465. The molecule has 0 aliphatic carbocycles. The third-order valence-corrected chi connectivity index (χ3v) is 4.97. The Bertz CT molecular complexity index is 1010. The number of rotatable bonds is 3. The summed E-state index contributed by atoms with van der Waals surface area (Å²) in [6.45, 7) is 5.32. The van der Waals surface area contributed by atoms with Crippen molar-refractivity contribution in [1.82, 2.24) is 9.97 Å². The van der Waals surface area contributed by atoms with Gasteiger partial charge in [-0.15, -0.1) is 0 Å². The predicted molar refractivity (Wildman–Crippen MR) is 108 cm³/mol. The highest BCUT2D eigenvalue weighted by Gasteiger charge is 2.30. The number of nitrogens with zero attached hydrogens (tertiary/aromatic N) is 2. The number of hydrogen-bond acceptors (Lipinski definition) is 5. The van der Waals surface area contributed by atoms with E-state index in [0.29, 0.717) is 23.1 Å². The molecule has 3 N–H and O–H groups in total. The van der Waals surface area contributed by atoms with Crippen LogP contribution in [0.25, 0.3) is 6.08 Å². The fourth-order valence-electron chi connectivity index (χ4n) is 2.88. The number of aromatic nitrogens is 2. The van der Waals surface area contributed by atoms with E-state index in [1.165, 1.54) is 6.08 Å². The summed E-state index contributed by atoms with van der Waals surface area (Å²) < 4.78 is 0.0558. The summed E-state index contributed by atoms with van der Waals surface area (Å²) in [4.78, 5) is 21.0. The Labute approximate surface area is 165 Å². The second-order valence-electron chi connectivity index (χ2n) is 5.53. The SMILES string of the molecule is CCN1C(=C=Cc2c(O)[nH]c(=S)[nH]c2=O)N(CC)c2cc(Cl)c(Cl)cc21. The molecule has 0 saturated heterocycles. The van der Waals surface area contributed by atoms with Crippen molar-refractivity contribution in [3.8, 4) is 5.88 Å². The highest BCUT2D eigenvalue weighted by Crippen LogP contribution is 2.45. The zero-order valence-corrected chi connectivity index (χ0v) is 16.4. The Kier molecular flexibility index (Phi) is 5.16. The lowest BCUT2D eigenvalue weighted by atomic mass is 10.2. The third-order valence-electron chi connectivity index (χ3n) is 4.05. The Morgan fingerprint density at radius 1 is 1.15 bits per heavy atom. The number of hydrogen-bond donors (Lipinski definition) is 3. The Morgan fingerprint density at radius 2 is 1.69 bits per heavy atom. The molecule has 9 heteroatoms. The van der Waals surface area contributed by atoms with Gasteiger partial charge in [0, 0.05) is 19.2 Å². The van der Waals surface area contributed by atoms with Gasteiger partial charge in [-0.25, -0.2) is 0 Å². The first-order valence-corrected chi connectivity index (χ1v) is 9.10. The first kappa shape index (κ1) is 18.6. The normalized spacial score (nSPS) is 13.0. The van der Waals surface area contributed by atoms with E-state index >= 15 is 0 Å². The van der Waals surface area contributed by atoms with Crippen molar-refractivity contribution in [2.24, 2.45) is 0 Å². The highest BCUT2D eigenvalue weighted by atomic mass is 35.5. The largest absolute Gasteiger partial charge is 0.494 e. The first-order chi connectivity index (χ1) is 12.4. The van der Waals surface area contributed by atoms with Crippen LogP contribution in [0, 0.1) is 4.77 Å². The molecule has 0 bridgehead atoms. The molecule has 1 aromatic heterocycles. The molecule has 1 aliphatic heterocycles. The lowest BCUT2D eigenvalue weighted by molar-refractivity contribution is 0.448. The predicted octanol–water partition coefficient (Wildman–Crippen LogP) is 4.26. The molecule has 2 heterocycles.